The van der Waals surface area contributed by atoms with E-state index in [4.69, 9.17) is 0 Å². The first-order valence-corrected chi connectivity index (χ1v) is 8.01. The zero-order chi connectivity index (χ0) is 17.7. The summed E-state index contributed by atoms with van der Waals surface area (Å²) < 4.78 is 29.5. The molecule has 0 aliphatic heterocycles. The van der Waals surface area contributed by atoms with Crippen molar-refractivity contribution in [2.75, 3.05) is 0 Å². The van der Waals surface area contributed by atoms with Crippen LogP contribution in [0.15, 0.2) is 50.4 Å². The largest absolute Gasteiger partial charge is 0.506 e. The third-order valence-electron chi connectivity index (χ3n) is 2.77. The number of nitrogens with one attached hydrogen (secondary N) is 1. The van der Waals surface area contributed by atoms with Gasteiger partial charge in [-0.05, 0) is 52.3 Å². The Morgan fingerprint density at radius 3 is 2.54 bits per heavy atom. The van der Waals surface area contributed by atoms with Crippen molar-refractivity contribution in [2.24, 2.45) is 5.10 Å². The fourth-order valence-electron chi connectivity index (χ4n) is 1.70. The average molecular weight is 464 g/mol. The Hall–Kier alpha value is -2.00. The molecular formula is C15H10Br2F2N2O3. The molecule has 0 fully saturated rings. The minimum Gasteiger partial charge on any atom is -0.506 e. The van der Waals surface area contributed by atoms with Crippen LogP contribution in [0.5, 0.6) is 11.5 Å². The molecule has 9 heteroatoms. The van der Waals surface area contributed by atoms with Gasteiger partial charge in [0, 0.05) is 15.6 Å². The number of carbonyl (C=O) groups excluding carboxylic acids is 1. The quantitative estimate of drug-likeness (QED) is 0.513. The minimum absolute atomic E-state index is 0.0234. The van der Waals surface area contributed by atoms with Gasteiger partial charge < -0.3 is 9.84 Å². The molecule has 0 spiro atoms. The van der Waals surface area contributed by atoms with E-state index in [0.717, 1.165) is 4.47 Å². The van der Waals surface area contributed by atoms with Gasteiger partial charge in [0.15, 0.2) is 0 Å². The van der Waals surface area contributed by atoms with Gasteiger partial charge in [0.1, 0.15) is 11.5 Å². The Morgan fingerprint density at radius 2 is 1.92 bits per heavy atom. The topological polar surface area (TPSA) is 70.9 Å². The van der Waals surface area contributed by atoms with Crippen molar-refractivity contribution in [3.63, 3.8) is 0 Å². The normalized spacial score (nSPS) is 11.0. The summed E-state index contributed by atoms with van der Waals surface area (Å²) in [7, 11) is 0. The summed E-state index contributed by atoms with van der Waals surface area (Å²) in [6.45, 7) is -2.92. The molecule has 1 amide bonds. The minimum atomic E-state index is -2.92. The number of aromatic hydroxyl groups is 1. The number of ether oxygens (including phenoxy) is 1. The van der Waals surface area contributed by atoms with Gasteiger partial charge in [0.25, 0.3) is 5.91 Å². The summed E-state index contributed by atoms with van der Waals surface area (Å²) >= 11 is 6.46. The summed E-state index contributed by atoms with van der Waals surface area (Å²) in [4.78, 5) is 11.9. The summed E-state index contributed by atoms with van der Waals surface area (Å²) in [5.74, 6) is -0.609. The van der Waals surface area contributed by atoms with Gasteiger partial charge in [0.2, 0.25) is 0 Å². The zero-order valence-corrected chi connectivity index (χ0v) is 15.0. The summed E-state index contributed by atoms with van der Waals surface area (Å²) in [6.07, 6.45) is 1.27. The van der Waals surface area contributed by atoms with Crippen LogP contribution < -0.4 is 10.2 Å². The first-order chi connectivity index (χ1) is 11.4. The van der Waals surface area contributed by atoms with Crippen LogP contribution in [-0.4, -0.2) is 23.8 Å². The van der Waals surface area contributed by atoms with Crippen LogP contribution in [-0.2, 0) is 0 Å². The second-order valence-electron chi connectivity index (χ2n) is 4.43. The second-order valence-corrected chi connectivity index (χ2v) is 6.20. The second kappa shape index (κ2) is 8.20. The molecule has 2 aromatic rings. The third kappa shape index (κ3) is 5.00. The number of halogens is 4. The maximum atomic E-state index is 12.0. The lowest BCUT2D eigenvalue weighted by Gasteiger charge is -2.05. The van der Waals surface area contributed by atoms with Gasteiger partial charge in [-0.2, -0.15) is 13.9 Å². The molecule has 24 heavy (non-hydrogen) atoms. The predicted molar refractivity (Wildman–Crippen MR) is 91.6 cm³/mol. The van der Waals surface area contributed by atoms with Gasteiger partial charge in [-0.1, -0.05) is 15.9 Å². The van der Waals surface area contributed by atoms with Gasteiger partial charge in [-0.25, -0.2) is 5.43 Å². The number of rotatable bonds is 5. The number of amides is 1. The molecule has 0 saturated carbocycles. The molecule has 2 rings (SSSR count). The molecule has 0 heterocycles. The number of phenolic OH excluding ortho intramolecular Hbond substituents is 1. The Labute approximate surface area is 152 Å². The smallest absolute Gasteiger partial charge is 0.387 e. The van der Waals surface area contributed by atoms with Crippen LogP contribution >= 0.6 is 31.9 Å². The molecule has 0 radical (unpaired) electrons. The molecule has 0 aliphatic carbocycles. The van der Waals surface area contributed by atoms with Crippen LogP contribution in [0.3, 0.4) is 0 Å². The fourth-order valence-corrected chi connectivity index (χ4v) is 2.96. The molecule has 0 aromatic heterocycles. The van der Waals surface area contributed by atoms with E-state index >= 15 is 0 Å². The highest BCUT2D eigenvalue weighted by atomic mass is 79.9. The van der Waals surface area contributed by atoms with Crippen molar-refractivity contribution in [1.82, 2.24) is 5.43 Å². The van der Waals surface area contributed by atoms with Crippen LogP contribution in [0.2, 0.25) is 0 Å². The highest BCUT2D eigenvalue weighted by molar-refractivity contribution is 9.11. The van der Waals surface area contributed by atoms with Crippen LogP contribution in [0.4, 0.5) is 8.78 Å². The number of benzene rings is 2. The van der Waals surface area contributed by atoms with E-state index in [9.17, 15) is 18.7 Å². The maximum Gasteiger partial charge on any atom is 0.387 e. The fraction of sp³-hybridized carbons (Fsp3) is 0.0667. The van der Waals surface area contributed by atoms with E-state index in [0.29, 0.717) is 10.0 Å². The molecule has 2 aromatic carbocycles. The average Bonchev–Trinajstić information content (AvgIpc) is 2.52. The lowest BCUT2D eigenvalue weighted by Crippen LogP contribution is -2.17. The Balaban J connectivity index is 2.03. The van der Waals surface area contributed by atoms with Crippen molar-refractivity contribution in [2.45, 2.75) is 6.61 Å². The number of hydrogen-bond acceptors (Lipinski definition) is 4. The van der Waals surface area contributed by atoms with Gasteiger partial charge >= 0.3 is 6.61 Å². The van der Waals surface area contributed by atoms with Crippen molar-refractivity contribution in [3.05, 3.63) is 56.5 Å². The number of phenols is 1. The highest BCUT2D eigenvalue weighted by Gasteiger charge is 2.08. The summed E-state index contributed by atoms with van der Waals surface area (Å²) in [5.41, 5.74) is 2.88. The highest BCUT2D eigenvalue weighted by Crippen LogP contribution is 2.30. The van der Waals surface area contributed by atoms with E-state index in [2.05, 4.69) is 47.1 Å². The summed E-state index contributed by atoms with van der Waals surface area (Å²) in [6, 6.07) is 8.44. The Kier molecular flexibility index (Phi) is 6.27. The van der Waals surface area contributed by atoms with Crippen molar-refractivity contribution < 1.29 is 23.4 Å². The number of carbonyl (C=O) groups is 1. The zero-order valence-electron chi connectivity index (χ0n) is 11.8. The standard InChI is InChI=1S/C15H10Br2F2N2O3/c16-10-5-9(13(22)12(17)6-10)7-20-21-14(23)8-1-3-11(4-2-8)24-15(18)19/h1-7,15,22H,(H,21,23)/b20-7-. The molecule has 2 N–H and O–H groups in total. The van der Waals surface area contributed by atoms with Gasteiger partial charge in [-0.15, -0.1) is 0 Å². The number of alkyl halides is 2. The van der Waals surface area contributed by atoms with E-state index in [1.54, 1.807) is 12.1 Å². The number of hydrazone groups is 1. The van der Waals surface area contributed by atoms with Crippen LogP contribution in [0.1, 0.15) is 15.9 Å². The molecule has 0 atom stereocenters. The van der Waals surface area contributed by atoms with Crippen molar-refractivity contribution >= 4 is 44.0 Å². The molecule has 0 saturated heterocycles. The van der Waals surface area contributed by atoms with Crippen LogP contribution in [0.25, 0.3) is 0 Å². The number of hydrogen-bond donors (Lipinski definition) is 2. The van der Waals surface area contributed by atoms with Crippen molar-refractivity contribution in [3.8, 4) is 11.5 Å². The Morgan fingerprint density at radius 1 is 1.25 bits per heavy atom. The maximum absolute atomic E-state index is 12.0. The number of nitrogens with zero attached hydrogens (tertiary/aromatic N) is 1. The lowest BCUT2D eigenvalue weighted by molar-refractivity contribution is -0.0498. The van der Waals surface area contributed by atoms with E-state index in [-0.39, 0.29) is 17.1 Å². The molecule has 0 unspecified atom stereocenters. The Bertz CT molecular complexity index is 768. The van der Waals surface area contributed by atoms with E-state index in [1.807, 2.05) is 0 Å². The molecular weight excluding hydrogens is 454 g/mol. The van der Waals surface area contributed by atoms with Gasteiger partial charge in [0.05, 0.1) is 10.7 Å². The predicted octanol–water partition coefficient (Wildman–Crippen LogP) is 4.28. The first-order valence-electron chi connectivity index (χ1n) is 6.43. The SMILES string of the molecule is O=C(N/N=C\c1cc(Br)cc(Br)c1O)c1ccc(OC(F)F)cc1. The van der Waals surface area contributed by atoms with Crippen molar-refractivity contribution in [1.29, 1.82) is 0 Å². The van der Waals surface area contributed by atoms with Crippen LogP contribution in [0, 0.1) is 0 Å². The lowest BCUT2D eigenvalue weighted by atomic mass is 10.2. The van der Waals surface area contributed by atoms with E-state index in [1.165, 1.54) is 30.5 Å². The molecule has 0 bridgehead atoms. The molecule has 126 valence electrons. The summed E-state index contributed by atoms with van der Waals surface area (Å²) in [5, 5.41) is 13.6. The van der Waals surface area contributed by atoms with E-state index < -0.39 is 12.5 Å². The monoisotopic (exact) mass is 462 g/mol. The third-order valence-corrected chi connectivity index (χ3v) is 3.83. The first kappa shape index (κ1) is 18.3. The molecule has 0 aliphatic rings. The molecule has 5 nitrogen and oxygen atoms in total. The van der Waals surface area contributed by atoms with Gasteiger partial charge in [-0.3, -0.25) is 4.79 Å².